The van der Waals surface area contributed by atoms with E-state index in [2.05, 4.69) is 15.0 Å². The number of ether oxygens (including phenoxy) is 1. The second-order valence-electron chi connectivity index (χ2n) is 5.72. The van der Waals surface area contributed by atoms with E-state index in [-0.39, 0.29) is 5.82 Å². The van der Waals surface area contributed by atoms with Crippen LogP contribution in [0.15, 0.2) is 30.3 Å². The minimum Gasteiger partial charge on any atom is -0.481 e. The Morgan fingerprint density at radius 1 is 1.04 bits per heavy atom. The number of methoxy groups -OCH3 is 1. The molecule has 0 atom stereocenters. The molecule has 0 aliphatic rings. The van der Waals surface area contributed by atoms with Gasteiger partial charge in [0.25, 0.3) is 0 Å². The number of aryl methyl sites for hydroxylation is 2. The second-order valence-corrected chi connectivity index (χ2v) is 6.13. The van der Waals surface area contributed by atoms with Gasteiger partial charge < -0.3 is 4.74 Å². The standard InChI is InChI=1S/C18H14ClFN4O/c1-9-16-10(2)22-17(12-8-11(20)4-5-13(12)19)24(16)18-14(21-9)6-7-15(23-18)25-3/h4-8H,1-3H3. The molecule has 5 nitrogen and oxygen atoms in total. The second kappa shape index (κ2) is 5.67. The van der Waals surface area contributed by atoms with Crippen LogP contribution in [0.2, 0.25) is 5.02 Å². The van der Waals surface area contributed by atoms with Crippen molar-refractivity contribution >= 4 is 28.3 Å². The van der Waals surface area contributed by atoms with Gasteiger partial charge in [0, 0.05) is 11.6 Å². The van der Waals surface area contributed by atoms with Crippen molar-refractivity contribution in [1.29, 1.82) is 0 Å². The third-order valence-corrected chi connectivity index (χ3v) is 4.43. The average molecular weight is 357 g/mol. The maximum Gasteiger partial charge on any atom is 0.215 e. The van der Waals surface area contributed by atoms with E-state index in [9.17, 15) is 4.39 Å². The summed E-state index contributed by atoms with van der Waals surface area (Å²) in [7, 11) is 1.55. The molecule has 3 heterocycles. The number of hydrogen-bond donors (Lipinski definition) is 0. The van der Waals surface area contributed by atoms with Crippen molar-refractivity contribution in [3.63, 3.8) is 0 Å². The van der Waals surface area contributed by atoms with E-state index in [0.29, 0.717) is 33.5 Å². The number of pyridine rings is 1. The number of imidazole rings is 1. The van der Waals surface area contributed by atoms with Gasteiger partial charge in [-0.25, -0.2) is 14.4 Å². The predicted octanol–water partition coefficient (Wildman–Crippen LogP) is 4.36. The third-order valence-electron chi connectivity index (χ3n) is 4.10. The Morgan fingerprint density at radius 3 is 2.56 bits per heavy atom. The summed E-state index contributed by atoms with van der Waals surface area (Å²) in [6, 6.07) is 7.80. The largest absolute Gasteiger partial charge is 0.481 e. The zero-order valence-electron chi connectivity index (χ0n) is 13.8. The first-order valence-electron chi connectivity index (χ1n) is 7.65. The molecular formula is C18H14ClFN4O. The fourth-order valence-electron chi connectivity index (χ4n) is 3.03. The molecular weight excluding hydrogens is 343 g/mol. The smallest absolute Gasteiger partial charge is 0.215 e. The summed E-state index contributed by atoms with van der Waals surface area (Å²) in [4.78, 5) is 13.7. The lowest BCUT2D eigenvalue weighted by atomic mass is 10.2. The summed E-state index contributed by atoms with van der Waals surface area (Å²) in [6.45, 7) is 3.79. The van der Waals surface area contributed by atoms with Gasteiger partial charge in [0.2, 0.25) is 5.88 Å². The minimum atomic E-state index is -0.380. The van der Waals surface area contributed by atoms with Crippen LogP contribution in [0, 0.1) is 19.7 Å². The molecule has 3 aromatic heterocycles. The van der Waals surface area contributed by atoms with Gasteiger partial charge in [0.05, 0.1) is 29.0 Å². The summed E-state index contributed by atoms with van der Waals surface area (Å²) >= 11 is 6.31. The molecule has 126 valence electrons. The molecule has 1 aromatic carbocycles. The summed E-state index contributed by atoms with van der Waals surface area (Å²) in [5, 5.41) is 0.416. The van der Waals surface area contributed by atoms with E-state index in [1.54, 1.807) is 13.2 Å². The molecule has 7 heteroatoms. The van der Waals surface area contributed by atoms with Gasteiger partial charge >= 0.3 is 0 Å². The van der Waals surface area contributed by atoms with E-state index in [4.69, 9.17) is 16.3 Å². The van der Waals surface area contributed by atoms with E-state index in [0.717, 1.165) is 16.9 Å². The maximum absolute atomic E-state index is 13.8. The highest BCUT2D eigenvalue weighted by molar-refractivity contribution is 6.33. The van der Waals surface area contributed by atoms with Crippen LogP contribution in [0.4, 0.5) is 4.39 Å². The molecule has 0 aliphatic heterocycles. The lowest BCUT2D eigenvalue weighted by molar-refractivity contribution is 0.399. The van der Waals surface area contributed by atoms with Gasteiger partial charge in [-0.05, 0) is 38.1 Å². The maximum atomic E-state index is 13.8. The van der Waals surface area contributed by atoms with Gasteiger partial charge in [-0.15, -0.1) is 0 Å². The van der Waals surface area contributed by atoms with E-state index in [1.807, 2.05) is 24.3 Å². The first-order chi connectivity index (χ1) is 12.0. The lowest BCUT2D eigenvalue weighted by Crippen LogP contribution is -2.01. The van der Waals surface area contributed by atoms with Crippen LogP contribution in [0.3, 0.4) is 0 Å². The fraction of sp³-hybridized carbons (Fsp3) is 0.167. The first kappa shape index (κ1) is 15.8. The Balaban J connectivity index is 2.20. The molecule has 0 radical (unpaired) electrons. The molecule has 0 saturated heterocycles. The highest BCUT2D eigenvalue weighted by Gasteiger charge is 2.19. The van der Waals surface area contributed by atoms with Crippen LogP contribution in [-0.4, -0.2) is 26.5 Å². The third kappa shape index (κ3) is 2.41. The van der Waals surface area contributed by atoms with Crippen LogP contribution >= 0.6 is 11.6 Å². The predicted molar refractivity (Wildman–Crippen MR) is 94.7 cm³/mol. The Morgan fingerprint density at radius 2 is 1.80 bits per heavy atom. The summed E-state index contributed by atoms with van der Waals surface area (Å²) in [6.07, 6.45) is 0. The average Bonchev–Trinajstić information content (AvgIpc) is 2.95. The highest BCUT2D eigenvalue weighted by atomic mass is 35.5. The van der Waals surface area contributed by atoms with Crippen LogP contribution in [0.1, 0.15) is 11.4 Å². The number of halogens is 2. The quantitative estimate of drug-likeness (QED) is 0.535. The normalized spacial score (nSPS) is 11.4. The number of hydrogen-bond acceptors (Lipinski definition) is 4. The number of aromatic nitrogens is 4. The topological polar surface area (TPSA) is 52.3 Å². The van der Waals surface area contributed by atoms with Crippen molar-refractivity contribution in [2.45, 2.75) is 13.8 Å². The van der Waals surface area contributed by atoms with Crippen molar-refractivity contribution < 1.29 is 9.13 Å². The van der Waals surface area contributed by atoms with Crippen LogP contribution < -0.4 is 4.74 Å². The number of nitrogens with zero attached hydrogens (tertiary/aromatic N) is 4. The van der Waals surface area contributed by atoms with E-state index >= 15 is 0 Å². The van der Waals surface area contributed by atoms with Crippen LogP contribution in [0.25, 0.3) is 28.1 Å². The number of rotatable bonds is 2. The van der Waals surface area contributed by atoms with Crippen LogP contribution in [0.5, 0.6) is 5.88 Å². The lowest BCUT2D eigenvalue weighted by Gasteiger charge is -2.09. The van der Waals surface area contributed by atoms with Gasteiger partial charge in [-0.1, -0.05) is 11.6 Å². The molecule has 0 saturated carbocycles. The molecule has 0 amide bonds. The van der Waals surface area contributed by atoms with Crippen LogP contribution in [-0.2, 0) is 0 Å². The van der Waals surface area contributed by atoms with E-state index in [1.165, 1.54) is 18.2 Å². The molecule has 0 spiro atoms. The van der Waals surface area contributed by atoms with Gasteiger partial charge in [-0.2, -0.15) is 4.98 Å². The van der Waals surface area contributed by atoms with Crippen molar-refractivity contribution in [2.24, 2.45) is 0 Å². The number of fused-ring (bicyclic) bond motifs is 3. The van der Waals surface area contributed by atoms with E-state index < -0.39 is 0 Å². The summed E-state index contributed by atoms with van der Waals surface area (Å²) < 4.78 is 20.9. The Hall–Kier alpha value is -2.73. The Labute approximate surface area is 148 Å². The monoisotopic (exact) mass is 356 g/mol. The zero-order chi connectivity index (χ0) is 17.7. The van der Waals surface area contributed by atoms with Gasteiger partial charge in [0.15, 0.2) is 5.65 Å². The summed E-state index contributed by atoms with van der Waals surface area (Å²) in [5.74, 6) is 0.602. The molecule has 0 bridgehead atoms. The van der Waals surface area contributed by atoms with Gasteiger partial charge in [-0.3, -0.25) is 4.40 Å². The van der Waals surface area contributed by atoms with Crippen molar-refractivity contribution in [3.05, 3.63) is 52.6 Å². The minimum absolute atomic E-state index is 0.380. The molecule has 0 N–H and O–H groups in total. The van der Waals surface area contributed by atoms with Crippen molar-refractivity contribution in [2.75, 3.05) is 7.11 Å². The Kier molecular flexibility index (Phi) is 3.58. The summed E-state index contributed by atoms with van der Waals surface area (Å²) in [5.41, 5.74) is 4.17. The molecule has 0 unspecified atom stereocenters. The Bertz CT molecular complexity index is 1140. The fourth-order valence-corrected chi connectivity index (χ4v) is 3.23. The molecule has 0 aliphatic carbocycles. The van der Waals surface area contributed by atoms with Crippen molar-refractivity contribution in [3.8, 4) is 17.3 Å². The molecule has 4 rings (SSSR count). The molecule has 4 aromatic rings. The number of benzene rings is 1. The molecule has 0 fully saturated rings. The van der Waals surface area contributed by atoms with Gasteiger partial charge in [0.1, 0.15) is 17.2 Å². The van der Waals surface area contributed by atoms with Crippen molar-refractivity contribution in [1.82, 2.24) is 19.4 Å². The highest BCUT2D eigenvalue weighted by Crippen LogP contribution is 2.32. The SMILES string of the molecule is COc1ccc2nc(C)c3c(C)nc(-c4cc(F)ccc4Cl)n3c2n1. The molecule has 25 heavy (non-hydrogen) atoms. The zero-order valence-corrected chi connectivity index (χ0v) is 14.6. The first-order valence-corrected chi connectivity index (χ1v) is 8.03.